The van der Waals surface area contributed by atoms with Crippen LogP contribution in [0.15, 0.2) is 18.2 Å². The van der Waals surface area contributed by atoms with Crippen LogP contribution in [-0.4, -0.2) is 36.3 Å². The number of nitrogens with two attached hydrogens (primary N) is 1. The fourth-order valence-electron chi connectivity index (χ4n) is 2.07. The Bertz CT molecular complexity index is 575. The molecule has 3 N–H and O–H groups in total. The number of hydrogen-bond donors (Lipinski definition) is 2. The molecular weight excluding hydrogens is 310 g/mol. The third-order valence-corrected chi connectivity index (χ3v) is 3.25. The summed E-state index contributed by atoms with van der Waals surface area (Å²) in [6, 6.07) is 4.92. The number of amides is 3. The third kappa shape index (κ3) is 4.11. The van der Waals surface area contributed by atoms with Gasteiger partial charge in [-0.1, -0.05) is 0 Å². The summed E-state index contributed by atoms with van der Waals surface area (Å²) < 4.78 is 5.06. The summed E-state index contributed by atoms with van der Waals surface area (Å²) in [7, 11) is 1.52. The Morgan fingerprint density at radius 3 is 2.55 bits per heavy atom. The number of benzene rings is 1. The molecular formula is C14H18ClN3O4. The minimum Gasteiger partial charge on any atom is -0.497 e. The predicted molar refractivity (Wildman–Crippen MR) is 83.9 cm³/mol. The molecule has 0 saturated carbocycles. The van der Waals surface area contributed by atoms with E-state index in [9.17, 15) is 14.4 Å². The van der Waals surface area contributed by atoms with Crippen molar-refractivity contribution in [3.05, 3.63) is 18.2 Å². The molecule has 1 heterocycles. The standard InChI is InChI=1S/C14H17N3O4.ClH/c1-21-9-2-3-10(15)11(8-9)16-12(18)6-7-17-13(19)4-5-14(17)20;/h2-3,8H,4-7,15H2,1H3,(H,16,18);1H. The van der Waals surface area contributed by atoms with E-state index in [4.69, 9.17) is 10.5 Å². The first-order valence-electron chi connectivity index (χ1n) is 6.58. The first kappa shape index (κ1) is 17.8. The second-order valence-electron chi connectivity index (χ2n) is 4.69. The van der Waals surface area contributed by atoms with Crippen LogP contribution in [-0.2, 0) is 14.4 Å². The fraction of sp³-hybridized carbons (Fsp3) is 0.357. The Kier molecular flexibility index (Phi) is 6.18. The van der Waals surface area contributed by atoms with E-state index in [-0.39, 0.29) is 55.9 Å². The number of carbonyl (C=O) groups excluding carboxylic acids is 3. The molecule has 0 aromatic heterocycles. The van der Waals surface area contributed by atoms with Gasteiger partial charge in [0.05, 0.1) is 18.5 Å². The van der Waals surface area contributed by atoms with E-state index in [0.29, 0.717) is 17.1 Å². The van der Waals surface area contributed by atoms with E-state index < -0.39 is 0 Å². The minimum absolute atomic E-state index is 0. The van der Waals surface area contributed by atoms with Gasteiger partial charge < -0.3 is 15.8 Å². The van der Waals surface area contributed by atoms with Gasteiger partial charge in [0.2, 0.25) is 17.7 Å². The van der Waals surface area contributed by atoms with Gasteiger partial charge in [-0.3, -0.25) is 19.3 Å². The molecule has 0 spiro atoms. The number of halogens is 1. The number of rotatable bonds is 5. The number of carbonyl (C=O) groups is 3. The van der Waals surface area contributed by atoms with Crippen LogP contribution in [0.5, 0.6) is 5.75 Å². The number of likely N-dealkylation sites (tertiary alicyclic amines) is 1. The Morgan fingerprint density at radius 2 is 1.95 bits per heavy atom. The average molecular weight is 328 g/mol. The maximum atomic E-state index is 11.9. The summed E-state index contributed by atoms with van der Waals surface area (Å²) in [4.78, 5) is 35.9. The lowest BCUT2D eigenvalue weighted by atomic mass is 10.2. The minimum atomic E-state index is -0.317. The first-order chi connectivity index (χ1) is 10.0. The van der Waals surface area contributed by atoms with Crippen molar-refractivity contribution in [1.82, 2.24) is 4.90 Å². The quantitative estimate of drug-likeness (QED) is 0.624. The van der Waals surface area contributed by atoms with Gasteiger partial charge in [-0.25, -0.2) is 0 Å². The first-order valence-corrected chi connectivity index (χ1v) is 6.58. The summed E-state index contributed by atoms with van der Waals surface area (Å²) in [5.41, 5.74) is 6.62. The van der Waals surface area contributed by atoms with Crippen LogP contribution in [0.3, 0.4) is 0 Å². The molecule has 1 aromatic rings. The molecule has 120 valence electrons. The molecule has 7 nitrogen and oxygen atoms in total. The molecule has 1 saturated heterocycles. The lowest BCUT2D eigenvalue weighted by Crippen LogP contribution is -2.32. The topological polar surface area (TPSA) is 102 Å². The van der Waals surface area contributed by atoms with Crippen LogP contribution in [0.25, 0.3) is 0 Å². The van der Waals surface area contributed by atoms with Crippen LogP contribution in [0, 0.1) is 0 Å². The van der Waals surface area contributed by atoms with Crippen LogP contribution in [0.4, 0.5) is 11.4 Å². The van der Waals surface area contributed by atoms with Crippen molar-refractivity contribution in [2.45, 2.75) is 19.3 Å². The van der Waals surface area contributed by atoms with Crippen molar-refractivity contribution in [2.75, 3.05) is 24.7 Å². The number of hydrogen-bond acceptors (Lipinski definition) is 5. The molecule has 8 heteroatoms. The predicted octanol–water partition coefficient (Wildman–Crippen LogP) is 1.18. The van der Waals surface area contributed by atoms with E-state index in [1.807, 2.05) is 0 Å². The number of nitrogens with zero attached hydrogens (tertiary/aromatic N) is 1. The number of nitrogens with one attached hydrogen (secondary N) is 1. The summed E-state index contributed by atoms with van der Waals surface area (Å²) in [6.45, 7) is 0.0906. The van der Waals surface area contributed by atoms with Gasteiger partial charge in [-0.05, 0) is 12.1 Å². The van der Waals surface area contributed by atoms with Crippen molar-refractivity contribution in [2.24, 2.45) is 0 Å². The van der Waals surface area contributed by atoms with Gasteiger partial charge in [0.25, 0.3) is 0 Å². The van der Waals surface area contributed by atoms with Crippen molar-refractivity contribution >= 4 is 41.5 Å². The van der Waals surface area contributed by atoms with E-state index in [2.05, 4.69) is 5.32 Å². The SMILES string of the molecule is COc1ccc(N)c(NC(=O)CCN2C(=O)CCC2=O)c1.Cl. The molecule has 0 atom stereocenters. The largest absolute Gasteiger partial charge is 0.497 e. The lowest BCUT2D eigenvalue weighted by Gasteiger charge is -2.14. The molecule has 0 aliphatic carbocycles. The van der Waals surface area contributed by atoms with Crippen molar-refractivity contribution in [3.63, 3.8) is 0 Å². The van der Waals surface area contributed by atoms with Gasteiger partial charge in [-0.15, -0.1) is 12.4 Å². The molecule has 0 unspecified atom stereocenters. The number of anilines is 2. The molecule has 0 bridgehead atoms. The highest BCUT2D eigenvalue weighted by molar-refractivity contribution is 6.02. The maximum absolute atomic E-state index is 11.9. The van der Waals surface area contributed by atoms with E-state index in [1.54, 1.807) is 18.2 Å². The van der Waals surface area contributed by atoms with Crippen LogP contribution in [0.2, 0.25) is 0 Å². The normalized spacial score (nSPS) is 13.8. The summed E-state index contributed by atoms with van der Waals surface area (Å²) in [6.07, 6.45) is 0.487. The van der Waals surface area contributed by atoms with Gasteiger partial charge in [0.1, 0.15) is 5.75 Å². The van der Waals surface area contributed by atoms with Gasteiger partial charge in [0.15, 0.2) is 0 Å². The highest BCUT2D eigenvalue weighted by Gasteiger charge is 2.28. The summed E-state index contributed by atoms with van der Waals surface area (Å²) in [5.74, 6) is -0.200. The zero-order valence-electron chi connectivity index (χ0n) is 12.1. The highest BCUT2D eigenvalue weighted by atomic mass is 35.5. The Balaban J connectivity index is 0.00000242. The average Bonchev–Trinajstić information content (AvgIpc) is 2.78. The Hall–Kier alpha value is -2.28. The van der Waals surface area contributed by atoms with Crippen molar-refractivity contribution in [3.8, 4) is 5.75 Å². The number of imide groups is 1. The van der Waals surface area contributed by atoms with Crippen LogP contribution < -0.4 is 15.8 Å². The van der Waals surface area contributed by atoms with E-state index in [1.165, 1.54) is 7.11 Å². The van der Waals surface area contributed by atoms with E-state index in [0.717, 1.165) is 4.90 Å². The molecule has 1 aromatic carbocycles. The van der Waals surface area contributed by atoms with Crippen molar-refractivity contribution < 1.29 is 19.1 Å². The second kappa shape index (κ2) is 7.65. The Labute approximate surface area is 134 Å². The van der Waals surface area contributed by atoms with Gasteiger partial charge in [-0.2, -0.15) is 0 Å². The zero-order valence-corrected chi connectivity index (χ0v) is 12.9. The second-order valence-corrected chi connectivity index (χ2v) is 4.69. The number of ether oxygens (including phenoxy) is 1. The lowest BCUT2D eigenvalue weighted by molar-refractivity contribution is -0.138. The number of nitrogen functional groups attached to an aromatic ring is 1. The third-order valence-electron chi connectivity index (χ3n) is 3.25. The molecule has 22 heavy (non-hydrogen) atoms. The fourth-order valence-corrected chi connectivity index (χ4v) is 2.07. The molecule has 1 aliphatic rings. The summed E-state index contributed by atoms with van der Waals surface area (Å²) >= 11 is 0. The van der Waals surface area contributed by atoms with Gasteiger partial charge >= 0.3 is 0 Å². The summed E-state index contributed by atoms with van der Waals surface area (Å²) in [5, 5.41) is 2.65. The molecule has 3 amide bonds. The molecule has 1 aliphatic heterocycles. The van der Waals surface area contributed by atoms with E-state index >= 15 is 0 Å². The monoisotopic (exact) mass is 327 g/mol. The highest BCUT2D eigenvalue weighted by Crippen LogP contribution is 2.24. The molecule has 0 radical (unpaired) electrons. The smallest absolute Gasteiger partial charge is 0.229 e. The maximum Gasteiger partial charge on any atom is 0.229 e. The molecule has 1 fully saturated rings. The van der Waals surface area contributed by atoms with Gasteiger partial charge in [0, 0.05) is 31.9 Å². The van der Waals surface area contributed by atoms with Crippen LogP contribution in [0.1, 0.15) is 19.3 Å². The number of methoxy groups -OCH3 is 1. The van der Waals surface area contributed by atoms with Crippen molar-refractivity contribution in [1.29, 1.82) is 0 Å². The Morgan fingerprint density at radius 1 is 1.32 bits per heavy atom. The molecule has 2 rings (SSSR count). The zero-order chi connectivity index (χ0) is 15.4. The van der Waals surface area contributed by atoms with Crippen LogP contribution >= 0.6 is 12.4 Å².